The van der Waals surface area contributed by atoms with Crippen molar-refractivity contribution >= 4 is 33.2 Å². The lowest BCUT2D eigenvalue weighted by atomic mass is 9.94. The number of fused-ring (bicyclic) bond motifs is 2. The molecule has 0 atom stereocenters. The Hall–Kier alpha value is -3.25. The third-order valence-corrected chi connectivity index (χ3v) is 5.36. The summed E-state index contributed by atoms with van der Waals surface area (Å²) in [5, 5.41) is 10.9. The maximum Gasteiger partial charge on any atom is 0.338 e. The summed E-state index contributed by atoms with van der Waals surface area (Å²) < 4.78 is 28.4. The van der Waals surface area contributed by atoms with Gasteiger partial charge in [0, 0.05) is 24.5 Å². The van der Waals surface area contributed by atoms with Crippen molar-refractivity contribution in [3.63, 3.8) is 0 Å². The first-order valence-electron chi connectivity index (χ1n) is 9.89. The molecule has 2 heterocycles. The van der Waals surface area contributed by atoms with E-state index in [0.717, 1.165) is 27.8 Å². The summed E-state index contributed by atoms with van der Waals surface area (Å²) >= 11 is 0. The number of hydrogen-bond acceptors (Lipinski definition) is 4. The number of aliphatic hydroxyl groups is 1. The summed E-state index contributed by atoms with van der Waals surface area (Å²) in [5.74, 6) is 0.285. The van der Waals surface area contributed by atoms with E-state index in [1.165, 1.54) is 6.07 Å². The molecule has 0 radical (unpaired) electrons. The van der Waals surface area contributed by atoms with Gasteiger partial charge in [-0.25, -0.2) is 9.18 Å². The molecule has 4 rings (SSSR count). The van der Waals surface area contributed by atoms with Gasteiger partial charge < -0.3 is 14.6 Å². The Morgan fingerprint density at radius 2 is 2.03 bits per heavy atom. The third-order valence-electron chi connectivity index (χ3n) is 5.36. The van der Waals surface area contributed by atoms with Crippen molar-refractivity contribution in [3.05, 3.63) is 65.3 Å². The van der Waals surface area contributed by atoms with E-state index in [1.54, 1.807) is 6.07 Å². The lowest BCUT2D eigenvalue weighted by Gasteiger charge is -2.22. The van der Waals surface area contributed by atoms with Crippen molar-refractivity contribution in [3.8, 4) is 5.75 Å². The Labute approximate surface area is 173 Å². The quantitative estimate of drug-likeness (QED) is 0.304. The van der Waals surface area contributed by atoms with Gasteiger partial charge in [0.2, 0.25) is 11.2 Å². The van der Waals surface area contributed by atoms with E-state index >= 15 is 4.39 Å². The average molecular weight is 408 g/mol. The maximum absolute atomic E-state index is 15.3. The summed E-state index contributed by atoms with van der Waals surface area (Å²) in [5.41, 5.74) is 2.53. The van der Waals surface area contributed by atoms with Crippen LogP contribution in [0.3, 0.4) is 0 Å². The number of esters is 1. The lowest BCUT2D eigenvalue weighted by Crippen LogP contribution is -2.36. The Bertz CT molecular complexity index is 1240. The number of rotatable bonds is 4. The Kier molecular flexibility index (Phi) is 5.26. The highest BCUT2D eigenvalue weighted by Gasteiger charge is 2.32. The summed E-state index contributed by atoms with van der Waals surface area (Å²) in [7, 11) is 1.86. The van der Waals surface area contributed by atoms with Gasteiger partial charge in [0.25, 0.3) is 0 Å². The molecule has 0 unspecified atom stereocenters. The predicted octanol–water partition coefficient (Wildman–Crippen LogP) is 4.20. The number of aryl methyl sites for hydroxylation is 1. The number of allylic oxidation sites excluding steroid dienone is 3. The van der Waals surface area contributed by atoms with Crippen LogP contribution in [0, 0.1) is 5.82 Å². The van der Waals surface area contributed by atoms with Crippen LogP contribution in [0.25, 0.3) is 27.2 Å². The summed E-state index contributed by atoms with van der Waals surface area (Å²) in [6.45, 7) is 3.85. The van der Waals surface area contributed by atoms with Crippen LogP contribution in [0.15, 0.2) is 48.2 Å². The zero-order chi connectivity index (χ0) is 21.4. The molecule has 2 aromatic carbocycles. The van der Waals surface area contributed by atoms with Gasteiger partial charge in [-0.1, -0.05) is 18.2 Å². The molecule has 0 saturated carbocycles. The predicted molar refractivity (Wildman–Crippen MR) is 113 cm³/mol. The number of aliphatic hydroxyl groups excluding tert-OH is 1. The van der Waals surface area contributed by atoms with Gasteiger partial charge in [0.15, 0.2) is 0 Å². The molecular formula is C24H23FNO4+. The minimum Gasteiger partial charge on any atom is -0.462 e. The lowest BCUT2D eigenvalue weighted by molar-refractivity contribution is -0.646. The van der Waals surface area contributed by atoms with Crippen LogP contribution >= 0.6 is 0 Å². The van der Waals surface area contributed by atoms with Crippen LogP contribution in [0.5, 0.6) is 5.75 Å². The summed E-state index contributed by atoms with van der Waals surface area (Å²) in [4.78, 5) is 12.4. The SMILES string of the molecule is CC=C1Oc2cccc3c2c([n+](C)c2cc(C(=O)OCCCO)cc(F)c32)C1=CC. The molecule has 0 saturated heterocycles. The van der Waals surface area contributed by atoms with E-state index in [9.17, 15) is 4.79 Å². The number of ether oxygens (including phenoxy) is 2. The van der Waals surface area contributed by atoms with Gasteiger partial charge in [-0.3, -0.25) is 0 Å². The molecule has 0 aliphatic carbocycles. The highest BCUT2D eigenvalue weighted by atomic mass is 19.1. The van der Waals surface area contributed by atoms with Crippen molar-refractivity contribution in [2.45, 2.75) is 20.3 Å². The molecule has 0 bridgehead atoms. The van der Waals surface area contributed by atoms with Crippen LogP contribution in [0.2, 0.25) is 0 Å². The molecule has 1 aliphatic rings. The summed E-state index contributed by atoms with van der Waals surface area (Å²) in [6, 6.07) is 8.43. The fourth-order valence-electron chi connectivity index (χ4n) is 4.01. The van der Waals surface area contributed by atoms with Gasteiger partial charge in [0.1, 0.15) is 24.4 Å². The highest BCUT2D eigenvalue weighted by molar-refractivity contribution is 6.12. The molecule has 0 fully saturated rings. The fourth-order valence-corrected chi connectivity index (χ4v) is 4.01. The first-order chi connectivity index (χ1) is 14.5. The third kappa shape index (κ3) is 3.04. The second-order valence-electron chi connectivity index (χ2n) is 7.11. The second-order valence-corrected chi connectivity index (χ2v) is 7.11. The van der Waals surface area contributed by atoms with Crippen LogP contribution < -0.4 is 9.30 Å². The normalized spacial score (nSPS) is 15.8. The summed E-state index contributed by atoms with van der Waals surface area (Å²) in [6.07, 6.45) is 4.20. The van der Waals surface area contributed by atoms with Crippen molar-refractivity contribution in [2.75, 3.05) is 13.2 Å². The average Bonchev–Trinajstić information content (AvgIpc) is 2.75. The van der Waals surface area contributed by atoms with Crippen molar-refractivity contribution in [1.29, 1.82) is 0 Å². The smallest absolute Gasteiger partial charge is 0.338 e. The molecule has 154 valence electrons. The van der Waals surface area contributed by atoms with E-state index in [0.29, 0.717) is 23.1 Å². The molecule has 6 heteroatoms. The Balaban J connectivity index is 2.03. The van der Waals surface area contributed by atoms with Crippen molar-refractivity contribution < 1.29 is 28.3 Å². The molecule has 0 spiro atoms. The fraction of sp³-hybridized carbons (Fsp3) is 0.250. The molecular weight excluding hydrogens is 385 g/mol. The molecule has 1 aromatic heterocycles. The number of halogens is 1. The zero-order valence-corrected chi connectivity index (χ0v) is 17.2. The number of pyridine rings is 1. The first kappa shape index (κ1) is 20.0. The van der Waals surface area contributed by atoms with Gasteiger partial charge in [0.05, 0.1) is 28.5 Å². The molecule has 30 heavy (non-hydrogen) atoms. The number of carbonyl (C=O) groups excluding carboxylic acids is 1. The van der Waals surface area contributed by atoms with Crippen molar-refractivity contribution in [1.82, 2.24) is 0 Å². The number of carbonyl (C=O) groups is 1. The Morgan fingerprint density at radius 3 is 2.73 bits per heavy atom. The first-order valence-corrected chi connectivity index (χ1v) is 9.89. The van der Waals surface area contributed by atoms with Crippen LogP contribution in [0.4, 0.5) is 4.39 Å². The minimum absolute atomic E-state index is 0.0759. The van der Waals surface area contributed by atoms with Gasteiger partial charge in [-0.05, 0) is 32.1 Å². The molecule has 0 amide bonds. The molecule has 1 aliphatic heterocycles. The standard InChI is InChI=1S/C24H23FNO4/c1-4-15-19(5-2)30-20-9-6-8-16-21-17(25)12-14(24(28)29-11-7-10-27)13-18(21)26(3)23(15)22(16)20/h4-6,8-9,12-13,27H,7,10-11H2,1-3H3/q+1. The van der Waals surface area contributed by atoms with E-state index in [4.69, 9.17) is 14.6 Å². The van der Waals surface area contributed by atoms with Crippen LogP contribution in [-0.4, -0.2) is 24.3 Å². The second kappa shape index (κ2) is 7.88. The van der Waals surface area contributed by atoms with E-state index < -0.39 is 11.8 Å². The number of hydrogen-bond donors (Lipinski definition) is 1. The molecule has 1 N–H and O–H groups in total. The van der Waals surface area contributed by atoms with Crippen molar-refractivity contribution in [2.24, 2.45) is 7.05 Å². The molecule has 3 aromatic rings. The van der Waals surface area contributed by atoms with E-state index in [1.807, 2.05) is 55.8 Å². The van der Waals surface area contributed by atoms with Gasteiger partial charge in [-0.15, -0.1) is 0 Å². The zero-order valence-electron chi connectivity index (χ0n) is 17.2. The van der Waals surface area contributed by atoms with E-state index in [-0.39, 0.29) is 18.8 Å². The number of aromatic nitrogens is 1. The van der Waals surface area contributed by atoms with E-state index in [2.05, 4.69) is 0 Å². The number of benzene rings is 2. The van der Waals surface area contributed by atoms with Gasteiger partial charge >= 0.3 is 5.97 Å². The van der Waals surface area contributed by atoms with Crippen LogP contribution in [0.1, 0.15) is 36.3 Å². The Morgan fingerprint density at radius 1 is 1.23 bits per heavy atom. The monoisotopic (exact) mass is 408 g/mol. The molecule has 5 nitrogen and oxygen atoms in total. The van der Waals surface area contributed by atoms with Crippen LogP contribution in [-0.2, 0) is 11.8 Å². The van der Waals surface area contributed by atoms with Gasteiger partial charge in [-0.2, -0.15) is 4.57 Å². The highest BCUT2D eigenvalue weighted by Crippen LogP contribution is 2.42. The topological polar surface area (TPSA) is 59.6 Å². The number of nitrogens with zero attached hydrogens (tertiary/aromatic N) is 1. The maximum atomic E-state index is 15.3. The minimum atomic E-state index is -0.615. The largest absolute Gasteiger partial charge is 0.462 e.